The third-order valence-corrected chi connectivity index (χ3v) is 2.51. The molecule has 0 unspecified atom stereocenters. The van der Waals surface area contributed by atoms with E-state index >= 15 is 0 Å². The molecule has 0 radical (unpaired) electrons. The van der Waals surface area contributed by atoms with Gasteiger partial charge < -0.3 is 0 Å². The second kappa shape index (κ2) is 6.96. The van der Waals surface area contributed by atoms with Gasteiger partial charge in [-0.1, -0.05) is 60.7 Å². The van der Waals surface area contributed by atoms with Gasteiger partial charge in [0.25, 0.3) is 0 Å². The Bertz CT molecular complexity index is 471. The zero-order valence-electron chi connectivity index (χ0n) is 9.30. The first-order valence-electron chi connectivity index (χ1n) is 5.44. The summed E-state index contributed by atoms with van der Waals surface area (Å²) in [6.07, 6.45) is -0.0754. The summed E-state index contributed by atoms with van der Waals surface area (Å²) in [4.78, 5) is 23.6. The van der Waals surface area contributed by atoms with Crippen LogP contribution >= 0.6 is 0 Å². The van der Waals surface area contributed by atoms with Crippen molar-refractivity contribution < 1.29 is 9.59 Å². The van der Waals surface area contributed by atoms with Gasteiger partial charge in [0.2, 0.25) is 0 Å². The molecule has 2 aromatic rings. The summed E-state index contributed by atoms with van der Waals surface area (Å²) >= 11 is 0. The average Bonchev–Trinajstić information content (AvgIpc) is 2.40. The maximum absolute atomic E-state index is 11.8. The molecular formula is C15H13LiO2. The van der Waals surface area contributed by atoms with Crippen LogP contribution in [0.5, 0.6) is 0 Å². The van der Waals surface area contributed by atoms with Crippen LogP contribution in [0.25, 0.3) is 0 Å². The summed E-state index contributed by atoms with van der Waals surface area (Å²) < 4.78 is 0. The van der Waals surface area contributed by atoms with Crippen LogP contribution < -0.4 is 0 Å². The Labute approximate surface area is 118 Å². The number of carbonyl (C=O) groups is 2. The summed E-state index contributed by atoms with van der Waals surface area (Å²) in [6, 6.07) is 17.7. The summed E-state index contributed by atoms with van der Waals surface area (Å²) in [5.74, 6) is -0.279. The van der Waals surface area contributed by atoms with E-state index in [2.05, 4.69) is 0 Å². The van der Waals surface area contributed by atoms with Crippen LogP contribution in [0.15, 0.2) is 60.7 Å². The average molecular weight is 232 g/mol. The van der Waals surface area contributed by atoms with Crippen molar-refractivity contribution in [3.05, 3.63) is 71.8 Å². The topological polar surface area (TPSA) is 34.1 Å². The van der Waals surface area contributed by atoms with Crippen molar-refractivity contribution in [2.75, 3.05) is 0 Å². The Morgan fingerprint density at radius 2 is 1.00 bits per heavy atom. The summed E-state index contributed by atoms with van der Waals surface area (Å²) in [6.45, 7) is 0. The van der Waals surface area contributed by atoms with Crippen molar-refractivity contribution in [2.45, 2.75) is 6.42 Å². The van der Waals surface area contributed by atoms with Crippen molar-refractivity contribution >= 4 is 30.4 Å². The molecule has 0 N–H and O–H groups in total. The molecule has 0 amide bonds. The van der Waals surface area contributed by atoms with Crippen LogP contribution in [-0.2, 0) is 0 Å². The van der Waals surface area contributed by atoms with Crippen molar-refractivity contribution in [2.24, 2.45) is 0 Å². The molecule has 0 spiro atoms. The molecule has 18 heavy (non-hydrogen) atoms. The van der Waals surface area contributed by atoms with Crippen molar-refractivity contribution in [1.82, 2.24) is 0 Å². The van der Waals surface area contributed by atoms with Crippen LogP contribution in [-0.4, -0.2) is 30.4 Å². The van der Waals surface area contributed by atoms with Crippen LogP contribution in [0, 0.1) is 0 Å². The minimum atomic E-state index is -0.139. The van der Waals surface area contributed by atoms with Gasteiger partial charge in [0, 0.05) is 11.1 Å². The Morgan fingerprint density at radius 3 is 1.33 bits per heavy atom. The zero-order valence-corrected chi connectivity index (χ0v) is 9.30. The molecule has 0 aliphatic carbocycles. The fraction of sp³-hybridized carbons (Fsp3) is 0.0667. The third kappa shape index (κ3) is 3.70. The Kier molecular flexibility index (Phi) is 5.58. The predicted molar refractivity (Wildman–Crippen MR) is 73.3 cm³/mol. The SMILES string of the molecule is O=C(CC(=O)c1ccccc1)c1ccccc1.[LiH]. The van der Waals surface area contributed by atoms with Crippen LogP contribution in [0.4, 0.5) is 0 Å². The Morgan fingerprint density at radius 1 is 0.667 bits per heavy atom. The standard InChI is InChI=1S/C15H12O2.Li.H/c16-14(12-7-3-1-4-8-12)11-15(17)13-9-5-2-6-10-13;;/h1-10H,11H2;;. The molecular weight excluding hydrogens is 219 g/mol. The maximum atomic E-state index is 11.8. The van der Waals surface area contributed by atoms with Crippen LogP contribution in [0.1, 0.15) is 27.1 Å². The first-order valence-corrected chi connectivity index (χ1v) is 5.44. The van der Waals surface area contributed by atoms with Gasteiger partial charge in [-0.3, -0.25) is 9.59 Å². The van der Waals surface area contributed by atoms with Gasteiger partial charge in [0.05, 0.1) is 6.42 Å². The van der Waals surface area contributed by atoms with E-state index in [0.29, 0.717) is 11.1 Å². The van der Waals surface area contributed by atoms with Gasteiger partial charge in [-0.05, 0) is 0 Å². The predicted octanol–water partition coefficient (Wildman–Crippen LogP) is 2.49. The van der Waals surface area contributed by atoms with Gasteiger partial charge in [0.15, 0.2) is 11.6 Å². The van der Waals surface area contributed by atoms with E-state index in [1.807, 2.05) is 12.1 Å². The molecule has 3 heteroatoms. The van der Waals surface area contributed by atoms with E-state index < -0.39 is 0 Å². The van der Waals surface area contributed by atoms with Gasteiger partial charge in [-0.25, -0.2) is 0 Å². The first kappa shape index (κ1) is 14.4. The normalized spacial score (nSPS) is 9.33. The molecule has 0 fully saturated rings. The molecule has 2 rings (SSSR count). The second-order valence-corrected chi connectivity index (χ2v) is 3.76. The van der Waals surface area contributed by atoms with E-state index in [1.54, 1.807) is 48.5 Å². The number of hydrogen-bond donors (Lipinski definition) is 0. The number of benzene rings is 2. The number of ketones is 2. The molecule has 0 aliphatic rings. The first-order chi connectivity index (χ1) is 8.27. The van der Waals surface area contributed by atoms with Gasteiger partial charge in [0.1, 0.15) is 0 Å². The summed E-state index contributed by atoms with van der Waals surface area (Å²) in [5, 5.41) is 0. The molecule has 2 aromatic carbocycles. The van der Waals surface area contributed by atoms with Crippen molar-refractivity contribution in [3.8, 4) is 0 Å². The number of hydrogen-bond acceptors (Lipinski definition) is 2. The van der Waals surface area contributed by atoms with E-state index in [0.717, 1.165) is 0 Å². The molecule has 0 aliphatic heterocycles. The minimum absolute atomic E-state index is 0. The molecule has 86 valence electrons. The number of carbonyl (C=O) groups excluding carboxylic acids is 2. The fourth-order valence-corrected chi connectivity index (χ4v) is 1.60. The Hall–Kier alpha value is -1.62. The van der Waals surface area contributed by atoms with Gasteiger partial charge in [-0.2, -0.15) is 0 Å². The Balaban J connectivity index is 0.00000162. The van der Waals surface area contributed by atoms with E-state index in [4.69, 9.17) is 0 Å². The molecule has 0 bridgehead atoms. The quantitative estimate of drug-likeness (QED) is 0.461. The van der Waals surface area contributed by atoms with Crippen molar-refractivity contribution in [3.63, 3.8) is 0 Å². The zero-order chi connectivity index (χ0) is 12.1. The molecule has 0 heterocycles. The molecule has 0 saturated heterocycles. The summed E-state index contributed by atoms with van der Waals surface area (Å²) in [7, 11) is 0. The number of rotatable bonds is 4. The van der Waals surface area contributed by atoms with Crippen LogP contribution in [0.3, 0.4) is 0 Å². The monoisotopic (exact) mass is 232 g/mol. The van der Waals surface area contributed by atoms with E-state index in [1.165, 1.54) is 0 Å². The van der Waals surface area contributed by atoms with E-state index in [-0.39, 0.29) is 36.8 Å². The molecule has 0 aromatic heterocycles. The molecule has 0 atom stereocenters. The molecule has 2 nitrogen and oxygen atoms in total. The van der Waals surface area contributed by atoms with E-state index in [9.17, 15) is 9.59 Å². The van der Waals surface area contributed by atoms with Gasteiger partial charge in [-0.15, -0.1) is 0 Å². The second-order valence-electron chi connectivity index (χ2n) is 3.76. The fourth-order valence-electron chi connectivity index (χ4n) is 1.60. The number of Topliss-reactive ketones (excluding diaryl/α,β-unsaturated/α-hetero) is 2. The molecule has 0 saturated carbocycles. The van der Waals surface area contributed by atoms with Crippen molar-refractivity contribution in [1.29, 1.82) is 0 Å². The van der Waals surface area contributed by atoms with Crippen LogP contribution in [0.2, 0.25) is 0 Å². The third-order valence-electron chi connectivity index (χ3n) is 2.51. The van der Waals surface area contributed by atoms with Gasteiger partial charge >= 0.3 is 18.9 Å². The summed E-state index contributed by atoms with van der Waals surface area (Å²) in [5.41, 5.74) is 1.16.